The van der Waals surface area contributed by atoms with Crippen molar-refractivity contribution in [2.75, 3.05) is 0 Å². The maximum absolute atomic E-state index is 12.3. The second-order valence-corrected chi connectivity index (χ2v) is 5.04. The third-order valence-electron chi connectivity index (χ3n) is 4.04. The lowest BCUT2D eigenvalue weighted by atomic mass is 9.72. The van der Waals surface area contributed by atoms with Crippen molar-refractivity contribution < 1.29 is 4.79 Å². The van der Waals surface area contributed by atoms with Gasteiger partial charge in [-0.3, -0.25) is 14.9 Å². The van der Waals surface area contributed by atoms with Crippen LogP contribution in [0.25, 0.3) is 10.9 Å². The fourth-order valence-corrected chi connectivity index (χ4v) is 2.86. The van der Waals surface area contributed by atoms with Crippen molar-refractivity contribution in [1.29, 1.82) is 0 Å². The molecule has 1 aromatic carbocycles. The number of carbonyl (C=O) groups is 1. The van der Waals surface area contributed by atoms with Crippen LogP contribution in [0.3, 0.4) is 0 Å². The number of H-pyrrole nitrogens is 1. The van der Waals surface area contributed by atoms with E-state index in [2.05, 4.69) is 15.2 Å². The smallest absolute Gasteiger partial charge is 0.232 e. The largest absolute Gasteiger partial charge is 0.369 e. The molecule has 0 aliphatic rings. The Labute approximate surface area is 122 Å². The van der Waals surface area contributed by atoms with E-state index in [1.54, 1.807) is 18.6 Å². The maximum Gasteiger partial charge on any atom is 0.232 e. The van der Waals surface area contributed by atoms with Gasteiger partial charge in [0.05, 0.1) is 17.1 Å². The van der Waals surface area contributed by atoms with Gasteiger partial charge in [0.1, 0.15) is 0 Å². The summed E-state index contributed by atoms with van der Waals surface area (Å²) >= 11 is 0. The number of benzene rings is 1. The minimum absolute atomic E-state index is 0.374. The lowest BCUT2D eigenvalue weighted by molar-refractivity contribution is -0.122. The number of carbonyl (C=O) groups excluding carboxylic acids is 1. The zero-order chi connectivity index (χ0) is 14.9. The van der Waals surface area contributed by atoms with Crippen molar-refractivity contribution in [2.24, 2.45) is 5.73 Å². The van der Waals surface area contributed by atoms with Crippen molar-refractivity contribution in [3.05, 3.63) is 60.0 Å². The predicted octanol–water partition coefficient (Wildman–Crippen LogP) is 2.14. The molecule has 5 heteroatoms. The Morgan fingerprint density at radius 1 is 1.29 bits per heavy atom. The molecule has 0 saturated carbocycles. The molecule has 0 aliphatic carbocycles. The Hall–Kier alpha value is -2.69. The third kappa shape index (κ3) is 1.98. The first kappa shape index (κ1) is 13.3. The lowest BCUT2D eigenvalue weighted by Gasteiger charge is -2.30. The van der Waals surface area contributed by atoms with Crippen LogP contribution in [0, 0.1) is 0 Å². The van der Waals surface area contributed by atoms with E-state index in [9.17, 15) is 4.79 Å². The number of rotatable bonds is 4. The van der Waals surface area contributed by atoms with Crippen molar-refractivity contribution >= 4 is 16.8 Å². The summed E-state index contributed by atoms with van der Waals surface area (Å²) in [5, 5.41) is 7.88. The van der Waals surface area contributed by atoms with E-state index in [-0.39, 0.29) is 5.91 Å². The van der Waals surface area contributed by atoms with Crippen LogP contribution in [0.4, 0.5) is 0 Å². The SMILES string of the molecule is CCC(C(N)=O)(c1cccnc1)c1ccc2[nH]ncc2c1. The molecular formula is C16H16N4O. The van der Waals surface area contributed by atoms with Gasteiger partial charge >= 0.3 is 0 Å². The third-order valence-corrected chi connectivity index (χ3v) is 4.04. The van der Waals surface area contributed by atoms with Crippen LogP contribution in [-0.4, -0.2) is 21.1 Å². The Kier molecular flexibility index (Phi) is 3.17. The van der Waals surface area contributed by atoms with Crippen LogP contribution in [-0.2, 0) is 10.2 Å². The summed E-state index contributed by atoms with van der Waals surface area (Å²) in [6.45, 7) is 1.96. The fraction of sp³-hybridized carbons (Fsp3) is 0.188. The van der Waals surface area contributed by atoms with Crippen molar-refractivity contribution in [3.8, 4) is 0 Å². The standard InChI is InChI=1S/C16H16N4O/c1-2-16(15(17)21,13-4-3-7-18-10-13)12-5-6-14-11(8-12)9-19-20-14/h3-10H,2H2,1H3,(H2,17,21)(H,19,20). The molecule has 3 rings (SSSR count). The summed E-state index contributed by atoms with van der Waals surface area (Å²) in [6, 6.07) is 9.50. The van der Waals surface area contributed by atoms with E-state index in [0.29, 0.717) is 6.42 Å². The van der Waals surface area contributed by atoms with Crippen LogP contribution in [0.2, 0.25) is 0 Å². The number of aromatic nitrogens is 3. The fourth-order valence-electron chi connectivity index (χ4n) is 2.86. The normalized spacial score (nSPS) is 14.0. The number of primary amides is 1. The second kappa shape index (κ2) is 5.01. The van der Waals surface area contributed by atoms with Gasteiger partial charge in [-0.1, -0.05) is 19.1 Å². The Balaban J connectivity index is 2.26. The minimum atomic E-state index is -0.875. The first-order valence-electron chi connectivity index (χ1n) is 6.82. The Morgan fingerprint density at radius 3 is 2.81 bits per heavy atom. The number of amides is 1. The van der Waals surface area contributed by atoms with E-state index >= 15 is 0 Å². The minimum Gasteiger partial charge on any atom is -0.369 e. The van der Waals surface area contributed by atoms with Crippen molar-refractivity contribution in [2.45, 2.75) is 18.8 Å². The molecule has 21 heavy (non-hydrogen) atoms. The van der Waals surface area contributed by atoms with E-state index < -0.39 is 5.41 Å². The molecule has 3 N–H and O–H groups in total. The molecular weight excluding hydrogens is 264 g/mol. The average Bonchev–Trinajstić information content (AvgIpc) is 2.97. The van der Waals surface area contributed by atoms with Crippen LogP contribution in [0.15, 0.2) is 48.9 Å². The van der Waals surface area contributed by atoms with Gasteiger partial charge in [-0.25, -0.2) is 0 Å². The molecule has 0 spiro atoms. The zero-order valence-electron chi connectivity index (χ0n) is 11.7. The van der Waals surface area contributed by atoms with Crippen molar-refractivity contribution in [3.63, 3.8) is 0 Å². The zero-order valence-corrected chi connectivity index (χ0v) is 11.7. The molecule has 5 nitrogen and oxygen atoms in total. The number of nitrogens with zero attached hydrogens (tertiary/aromatic N) is 2. The van der Waals surface area contributed by atoms with Crippen LogP contribution in [0.5, 0.6) is 0 Å². The summed E-state index contributed by atoms with van der Waals surface area (Å²) in [7, 11) is 0. The predicted molar refractivity (Wildman–Crippen MR) is 80.6 cm³/mol. The molecule has 3 aromatic rings. The monoisotopic (exact) mass is 280 g/mol. The quantitative estimate of drug-likeness (QED) is 0.767. The van der Waals surface area contributed by atoms with Gasteiger partial charge in [0.2, 0.25) is 5.91 Å². The first-order valence-corrected chi connectivity index (χ1v) is 6.82. The summed E-state index contributed by atoms with van der Waals surface area (Å²) in [5.74, 6) is -0.374. The van der Waals surface area contributed by atoms with Gasteiger partial charge in [0, 0.05) is 17.8 Å². The molecule has 0 radical (unpaired) electrons. The van der Waals surface area contributed by atoms with Crippen LogP contribution < -0.4 is 5.73 Å². The van der Waals surface area contributed by atoms with Crippen LogP contribution in [0.1, 0.15) is 24.5 Å². The van der Waals surface area contributed by atoms with Gasteiger partial charge in [0.25, 0.3) is 0 Å². The molecule has 0 fully saturated rings. The number of nitrogens with one attached hydrogen (secondary N) is 1. The highest BCUT2D eigenvalue weighted by Crippen LogP contribution is 2.36. The van der Waals surface area contributed by atoms with Gasteiger partial charge < -0.3 is 5.73 Å². The van der Waals surface area contributed by atoms with E-state index in [4.69, 9.17) is 5.73 Å². The molecule has 2 aromatic heterocycles. The molecule has 2 heterocycles. The summed E-state index contributed by atoms with van der Waals surface area (Å²) in [6.07, 6.45) is 5.69. The Bertz CT molecular complexity index is 781. The van der Waals surface area contributed by atoms with E-state index in [0.717, 1.165) is 22.0 Å². The highest BCUT2D eigenvalue weighted by molar-refractivity contribution is 5.92. The molecule has 106 valence electrons. The molecule has 0 bridgehead atoms. The maximum atomic E-state index is 12.3. The molecule has 1 amide bonds. The summed E-state index contributed by atoms with van der Waals surface area (Å²) in [4.78, 5) is 16.4. The number of nitrogens with two attached hydrogens (primary N) is 1. The molecule has 1 atom stereocenters. The highest BCUT2D eigenvalue weighted by Gasteiger charge is 2.39. The van der Waals surface area contributed by atoms with E-state index in [1.807, 2.05) is 37.3 Å². The summed E-state index contributed by atoms with van der Waals surface area (Å²) in [5.41, 5.74) is 7.50. The molecule has 0 aliphatic heterocycles. The Morgan fingerprint density at radius 2 is 2.14 bits per heavy atom. The summed E-state index contributed by atoms with van der Waals surface area (Å²) < 4.78 is 0. The number of hydrogen-bond acceptors (Lipinski definition) is 3. The van der Waals surface area contributed by atoms with Gasteiger partial charge in [-0.2, -0.15) is 5.10 Å². The number of pyridine rings is 1. The highest BCUT2D eigenvalue weighted by atomic mass is 16.1. The van der Waals surface area contributed by atoms with Crippen LogP contribution >= 0.6 is 0 Å². The number of aromatic amines is 1. The molecule has 0 saturated heterocycles. The first-order chi connectivity index (χ1) is 10.2. The molecule has 1 unspecified atom stereocenters. The lowest BCUT2D eigenvalue weighted by Crippen LogP contribution is -2.41. The van der Waals surface area contributed by atoms with Gasteiger partial charge in [-0.05, 0) is 35.7 Å². The van der Waals surface area contributed by atoms with Crippen molar-refractivity contribution in [1.82, 2.24) is 15.2 Å². The van der Waals surface area contributed by atoms with Gasteiger partial charge in [-0.15, -0.1) is 0 Å². The number of fused-ring (bicyclic) bond motifs is 1. The second-order valence-electron chi connectivity index (χ2n) is 5.04. The number of hydrogen-bond donors (Lipinski definition) is 2. The topological polar surface area (TPSA) is 84.7 Å². The average molecular weight is 280 g/mol. The van der Waals surface area contributed by atoms with E-state index in [1.165, 1.54) is 0 Å². The van der Waals surface area contributed by atoms with Gasteiger partial charge in [0.15, 0.2) is 0 Å².